The van der Waals surface area contributed by atoms with E-state index in [0.29, 0.717) is 23.7 Å². The van der Waals surface area contributed by atoms with Crippen molar-refractivity contribution in [3.63, 3.8) is 0 Å². The number of hydrogen-bond acceptors (Lipinski definition) is 3. The first-order valence-corrected chi connectivity index (χ1v) is 7.59. The van der Waals surface area contributed by atoms with Crippen LogP contribution in [0.25, 0.3) is 0 Å². The van der Waals surface area contributed by atoms with Crippen LogP contribution in [0, 0.1) is 5.82 Å². The van der Waals surface area contributed by atoms with E-state index in [1.807, 2.05) is 13.1 Å². The fourth-order valence-electron chi connectivity index (χ4n) is 2.45. The van der Waals surface area contributed by atoms with Gasteiger partial charge in [-0.2, -0.15) is 0 Å². The molecule has 0 spiro atoms. The summed E-state index contributed by atoms with van der Waals surface area (Å²) in [6.07, 6.45) is 0. The predicted octanol–water partition coefficient (Wildman–Crippen LogP) is 1.50. The van der Waals surface area contributed by atoms with E-state index >= 15 is 0 Å². The number of nitrogens with one attached hydrogen (secondary N) is 2. The van der Waals surface area contributed by atoms with Gasteiger partial charge in [-0.3, -0.25) is 4.79 Å². The summed E-state index contributed by atoms with van der Waals surface area (Å²) in [6, 6.07) is 11.6. The smallest absolute Gasteiger partial charge is 0.279 e. The van der Waals surface area contributed by atoms with E-state index in [1.54, 1.807) is 38.5 Å². The van der Waals surface area contributed by atoms with Gasteiger partial charge in [-0.1, -0.05) is 12.1 Å². The maximum Gasteiger partial charge on any atom is 0.279 e. The van der Waals surface area contributed by atoms with Crippen molar-refractivity contribution in [1.29, 1.82) is 0 Å². The Morgan fingerprint density at radius 2 is 1.88 bits per heavy atom. The highest BCUT2D eigenvalue weighted by Crippen LogP contribution is 2.29. The molecule has 2 aromatic carbocycles. The minimum atomic E-state index is -0.268. The first-order chi connectivity index (χ1) is 11.5. The van der Waals surface area contributed by atoms with Crippen molar-refractivity contribution >= 4 is 11.6 Å². The van der Waals surface area contributed by atoms with Gasteiger partial charge in [0.15, 0.2) is 18.0 Å². The van der Waals surface area contributed by atoms with Crippen molar-refractivity contribution in [2.24, 2.45) is 0 Å². The summed E-state index contributed by atoms with van der Waals surface area (Å²) >= 11 is 0. The van der Waals surface area contributed by atoms with E-state index < -0.39 is 0 Å². The van der Waals surface area contributed by atoms with Crippen LogP contribution in [0.4, 0.5) is 10.1 Å². The van der Waals surface area contributed by atoms with Gasteiger partial charge in [-0.15, -0.1) is 0 Å². The molecule has 0 heterocycles. The number of ether oxygens (including phenoxy) is 2. The average molecular weight is 333 g/mol. The number of carbonyl (C=O) groups excluding carboxylic acids is 1. The second-order valence-corrected chi connectivity index (χ2v) is 5.56. The van der Waals surface area contributed by atoms with Gasteiger partial charge < -0.3 is 19.7 Å². The molecule has 0 bridgehead atoms. The van der Waals surface area contributed by atoms with Crippen molar-refractivity contribution in [3.05, 3.63) is 53.8 Å². The van der Waals surface area contributed by atoms with Gasteiger partial charge in [0.25, 0.3) is 5.91 Å². The number of anilines is 1. The molecule has 2 rings (SSSR count). The molecule has 1 atom stereocenters. The Kier molecular flexibility index (Phi) is 6.14. The largest absolute Gasteiger partial charge is 0.493 e. The minimum absolute atomic E-state index is 0.129. The molecule has 24 heavy (non-hydrogen) atoms. The maximum atomic E-state index is 13.2. The molecule has 0 aliphatic carbocycles. The van der Waals surface area contributed by atoms with Crippen LogP contribution < -0.4 is 19.7 Å². The summed E-state index contributed by atoms with van der Waals surface area (Å²) < 4.78 is 23.6. The van der Waals surface area contributed by atoms with Crippen LogP contribution in [0.2, 0.25) is 0 Å². The lowest BCUT2D eigenvalue weighted by Crippen LogP contribution is -3.08. The summed E-state index contributed by atoms with van der Waals surface area (Å²) in [5, 5.41) is 2.83. The van der Waals surface area contributed by atoms with E-state index in [-0.39, 0.29) is 18.3 Å². The molecule has 2 aromatic rings. The summed E-state index contributed by atoms with van der Waals surface area (Å²) in [7, 11) is 4.99. The average Bonchev–Trinajstić information content (AvgIpc) is 2.54. The van der Waals surface area contributed by atoms with Crippen LogP contribution in [-0.4, -0.2) is 33.7 Å². The molecule has 0 fully saturated rings. The highest BCUT2D eigenvalue weighted by molar-refractivity contribution is 5.91. The molecule has 5 nitrogen and oxygen atoms in total. The zero-order valence-corrected chi connectivity index (χ0v) is 14.1. The number of halogens is 1. The molecule has 0 aliphatic heterocycles. The molecule has 0 saturated carbocycles. The van der Waals surface area contributed by atoms with Crippen molar-refractivity contribution in [3.8, 4) is 11.5 Å². The van der Waals surface area contributed by atoms with E-state index in [9.17, 15) is 9.18 Å². The zero-order valence-electron chi connectivity index (χ0n) is 14.1. The van der Waals surface area contributed by atoms with Gasteiger partial charge in [0.1, 0.15) is 12.4 Å². The Balaban J connectivity index is 1.92. The lowest BCUT2D eigenvalue weighted by Gasteiger charge is -2.15. The molecule has 2 N–H and O–H groups in total. The summed E-state index contributed by atoms with van der Waals surface area (Å²) in [4.78, 5) is 13.1. The molecule has 0 aliphatic rings. The van der Waals surface area contributed by atoms with Gasteiger partial charge in [0.2, 0.25) is 0 Å². The third kappa shape index (κ3) is 4.96. The second-order valence-electron chi connectivity index (χ2n) is 5.56. The Bertz CT molecular complexity index is 706. The van der Waals surface area contributed by atoms with Crippen LogP contribution in [0.3, 0.4) is 0 Å². The molecule has 0 aromatic heterocycles. The van der Waals surface area contributed by atoms with Crippen molar-refractivity contribution in [2.75, 3.05) is 33.1 Å². The summed E-state index contributed by atoms with van der Waals surface area (Å²) in [5.41, 5.74) is 1.49. The van der Waals surface area contributed by atoms with Crippen molar-refractivity contribution in [2.45, 2.75) is 6.54 Å². The Hall–Kier alpha value is -2.60. The fraction of sp³-hybridized carbons (Fsp3) is 0.278. The van der Waals surface area contributed by atoms with Gasteiger partial charge in [0.05, 0.1) is 21.3 Å². The van der Waals surface area contributed by atoms with E-state index in [2.05, 4.69) is 5.32 Å². The molecule has 0 saturated heterocycles. The fourth-order valence-corrected chi connectivity index (χ4v) is 2.45. The van der Waals surface area contributed by atoms with Crippen LogP contribution in [-0.2, 0) is 11.3 Å². The van der Waals surface area contributed by atoms with Crippen LogP contribution in [0.15, 0.2) is 42.5 Å². The molecule has 128 valence electrons. The highest BCUT2D eigenvalue weighted by Gasteiger charge is 2.12. The first-order valence-electron chi connectivity index (χ1n) is 7.59. The Labute approximate surface area is 141 Å². The standard InChI is InChI=1S/C18H21FN2O3/c1-21(11-13-5-4-6-14(19)9-13)12-18(22)20-15-7-8-16(23-2)17(10-15)24-3/h4-10H,11-12H2,1-3H3,(H,20,22)/p+1. The Morgan fingerprint density at radius 3 is 2.54 bits per heavy atom. The molecular formula is C18H22FN2O3+. The quantitative estimate of drug-likeness (QED) is 0.807. The number of rotatable bonds is 7. The number of benzene rings is 2. The number of quaternary nitrogens is 1. The number of likely N-dealkylation sites (N-methyl/N-ethyl adjacent to an activating group) is 1. The predicted molar refractivity (Wildman–Crippen MR) is 90.0 cm³/mol. The van der Waals surface area contributed by atoms with Gasteiger partial charge in [0, 0.05) is 17.3 Å². The highest BCUT2D eigenvalue weighted by atomic mass is 19.1. The van der Waals surface area contributed by atoms with Crippen LogP contribution in [0.5, 0.6) is 11.5 Å². The topological polar surface area (TPSA) is 52.0 Å². The van der Waals surface area contributed by atoms with Gasteiger partial charge >= 0.3 is 0 Å². The van der Waals surface area contributed by atoms with Crippen LogP contribution in [0.1, 0.15) is 5.56 Å². The normalized spacial score (nSPS) is 11.7. The summed E-state index contributed by atoms with van der Waals surface area (Å²) in [5.74, 6) is 0.756. The number of hydrogen-bond donors (Lipinski definition) is 2. The second kappa shape index (κ2) is 8.31. The third-order valence-corrected chi connectivity index (χ3v) is 3.52. The number of carbonyl (C=O) groups is 1. The maximum absolute atomic E-state index is 13.2. The molecule has 1 unspecified atom stereocenters. The van der Waals surface area contributed by atoms with E-state index in [1.165, 1.54) is 12.1 Å². The SMILES string of the molecule is COc1ccc(NC(=O)C[NH+](C)Cc2cccc(F)c2)cc1OC. The lowest BCUT2D eigenvalue weighted by atomic mass is 10.2. The van der Waals surface area contributed by atoms with E-state index in [0.717, 1.165) is 10.5 Å². The third-order valence-electron chi connectivity index (χ3n) is 3.52. The van der Waals surface area contributed by atoms with Gasteiger partial charge in [-0.25, -0.2) is 4.39 Å². The molecule has 6 heteroatoms. The summed E-state index contributed by atoms with van der Waals surface area (Å²) in [6.45, 7) is 0.835. The van der Waals surface area contributed by atoms with E-state index in [4.69, 9.17) is 9.47 Å². The monoisotopic (exact) mass is 333 g/mol. The number of methoxy groups -OCH3 is 2. The Morgan fingerprint density at radius 1 is 1.12 bits per heavy atom. The minimum Gasteiger partial charge on any atom is -0.493 e. The first kappa shape index (κ1) is 17.7. The molecular weight excluding hydrogens is 311 g/mol. The van der Waals surface area contributed by atoms with Crippen LogP contribution >= 0.6 is 0 Å². The number of amides is 1. The lowest BCUT2D eigenvalue weighted by molar-refractivity contribution is -0.885. The molecule has 0 radical (unpaired) electrons. The zero-order chi connectivity index (χ0) is 17.5. The van der Waals surface area contributed by atoms with Crippen molar-refractivity contribution < 1.29 is 23.6 Å². The van der Waals surface area contributed by atoms with Gasteiger partial charge in [-0.05, 0) is 24.3 Å². The van der Waals surface area contributed by atoms with Crippen molar-refractivity contribution in [1.82, 2.24) is 0 Å². The molecule has 1 amide bonds.